The van der Waals surface area contributed by atoms with Crippen LogP contribution in [0.5, 0.6) is 5.75 Å². The number of benzene rings is 4. The molecule has 6 aromatic rings. The third-order valence-electron chi connectivity index (χ3n) is 11.8. The number of aromatic nitrogens is 4. The van der Waals surface area contributed by atoms with Gasteiger partial charge in [0.1, 0.15) is 5.75 Å². The molecule has 65 heavy (non-hydrogen) atoms. The van der Waals surface area contributed by atoms with Gasteiger partial charge in [0, 0.05) is 103 Å². The van der Waals surface area contributed by atoms with Crippen LogP contribution in [0.25, 0.3) is 21.8 Å². The van der Waals surface area contributed by atoms with Gasteiger partial charge in [-0.1, -0.05) is 46.9 Å². The van der Waals surface area contributed by atoms with Crippen molar-refractivity contribution in [2.45, 2.75) is 66.5 Å². The molecule has 0 radical (unpaired) electrons. The van der Waals surface area contributed by atoms with Crippen LogP contribution in [0.15, 0.2) is 78.9 Å². The number of nitrogens with one attached hydrogen (secondary N) is 2. The highest BCUT2D eigenvalue weighted by Gasteiger charge is 2.23. The Labute approximate surface area is 396 Å². The fourth-order valence-electron chi connectivity index (χ4n) is 7.91. The number of carbonyl (C=O) groups is 2. The van der Waals surface area contributed by atoms with Crippen LogP contribution in [-0.4, -0.2) is 113 Å². The lowest BCUT2D eigenvalue weighted by Crippen LogP contribution is -2.49. The minimum atomic E-state index is -0.293. The maximum Gasteiger partial charge on any atom is 0.262 e. The van der Waals surface area contributed by atoms with E-state index in [2.05, 4.69) is 57.9 Å². The highest BCUT2D eigenvalue weighted by Crippen LogP contribution is 2.29. The van der Waals surface area contributed by atoms with E-state index in [0.717, 1.165) is 109 Å². The number of hydrogen-bond donors (Lipinski definition) is 2. The largest absolute Gasteiger partial charge is 0.482 e. The molecule has 0 atom stereocenters. The van der Waals surface area contributed by atoms with Crippen molar-refractivity contribution in [3.8, 4) is 5.75 Å². The Kier molecular flexibility index (Phi) is 16.0. The van der Waals surface area contributed by atoms with E-state index in [1.807, 2.05) is 74.5 Å². The van der Waals surface area contributed by atoms with Crippen LogP contribution in [0.2, 0.25) is 15.1 Å². The molecular weight excluding hydrogens is 883 g/mol. The molecular formula is C49H57Cl3N10O3. The van der Waals surface area contributed by atoms with Gasteiger partial charge < -0.3 is 25.2 Å². The maximum absolute atomic E-state index is 12.4. The zero-order valence-corrected chi connectivity index (χ0v) is 40.1. The highest BCUT2D eigenvalue weighted by molar-refractivity contribution is 6.35. The van der Waals surface area contributed by atoms with Gasteiger partial charge in [-0.3, -0.25) is 19.4 Å². The van der Waals surface area contributed by atoms with Gasteiger partial charge in [0.25, 0.3) is 5.91 Å². The average molecular weight is 940 g/mol. The Balaban J connectivity index is 0.000000194. The molecule has 2 aliphatic rings. The summed E-state index contributed by atoms with van der Waals surface area (Å²) >= 11 is 17.9. The number of anilines is 4. The first-order chi connectivity index (χ1) is 31.2. The van der Waals surface area contributed by atoms with E-state index in [0.29, 0.717) is 51.4 Å². The fraction of sp³-hybridized carbons (Fsp3) is 0.388. The Hall–Kier alpha value is -5.31. The molecule has 2 aliphatic heterocycles. The molecule has 13 nitrogen and oxygen atoms in total. The van der Waals surface area contributed by atoms with Crippen LogP contribution in [0, 0.1) is 13.8 Å². The molecule has 0 unspecified atom stereocenters. The number of halogens is 3. The predicted octanol–water partition coefficient (Wildman–Crippen LogP) is 9.49. The number of fused-ring (bicyclic) bond motifs is 2. The number of aryl methyl sites for hydroxylation is 3. The van der Waals surface area contributed by atoms with Gasteiger partial charge in [0.05, 0.1) is 27.4 Å². The smallest absolute Gasteiger partial charge is 0.262 e. The molecule has 342 valence electrons. The normalized spacial score (nSPS) is 14.8. The molecule has 2 fully saturated rings. The summed E-state index contributed by atoms with van der Waals surface area (Å²) in [7, 11) is 0. The Morgan fingerprint density at radius 2 is 1.08 bits per heavy atom. The van der Waals surface area contributed by atoms with Crippen molar-refractivity contribution in [1.82, 2.24) is 29.7 Å². The van der Waals surface area contributed by atoms with Gasteiger partial charge in [-0.2, -0.15) is 0 Å². The van der Waals surface area contributed by atoms with Gasteiger partial charge in [-0.05, 0) is 120 Å². The fourth-order valence-corrected chi connectivity index (χ4v) is 8.50. The summed E-state index contributed by atoms with van der Waals surface area (Å²) in [6, 6.07) is 25.0. The zero-order chi connectivity index (χ0) is 46.2. The third-order valence-corrected chi connectivity index (χ3v) is 12.6. The molecule has 0 spiro atoms. The second-order valence-electron chi connectivity index (χ2n) is 17.0. The van der Waals surface area contributed by atoms with Crippen molar-refractivity contribution in [3.63, 3.8) is 0 Å². The lowest BCUT2D eigenvalue weighted by atomic mass is 10.1. The van der Waals surface area contributed by atoms with Gasteiger partial charge in [0.2, 0.25) is 17.8 Å². The number of rotatable bonds is 12. The van der Waals surface area contributed by atoms with Crippen LogP contribution in [0.3, 0.4) is 0 Å². The van der Waals surface area contributed by atoms with E-state index in [1.165, 1.54) is 0 Å². The minimum absolute atomic E-state index is 0.0162. The molecule has 4 heterocycles. The molecule has 0 aliphatic carbocycles. The number of hydrogen-bond acceptors (Lipinski definition) is 11. The standard InChI is InChI=1S/C25H30ClN5O.C24H27Cl2N5O2/c1-17(2)30-12-14-31(15-13-30)25-27-18(3)22-16-21(9-10-23(22)29-25)28-24(32)11-6-19-4-7-20(26)8-5-19;1-15(2)30-8-10-31(11-9-30)24-27-16(3)19-13-18(5-6-21(19)29-24)28-23(32)14-33-22-7-4-17(25)12-20(22)26/h4-5,7-10,16-17H,6,11-15H2,1-3H3,(H,28,32);4-7,12-13,15H,8-11,14H2,1-3H3,(H,28,32). The number of piperazine rings is 2. The van der Waals surface area contributed by atoms with Crippen LogP contribution < -0.4 is 25.2 Å². The number of ether oxygens (including phenoxy) is 1. The van der Waals surface area contributed by atoms with Crippen molar-refractivity contribution >= 4 is 91.7 Å². The summed E-state index contributed by atoms with van der Waals surface area (Å²) < 4.78 is 5.51. The molecule has 0 bridgehead atoms. The summed E-state index contributed by atoms with van der Waals surface area (Å²) in [6.45, 7) is 20.5. The van der Waals surface area contributed by atoms with Crippen molar-refractivity contribution in [2.24, 2.45) is 0 Å². The molecule has 2 amide bonds. The van der Waals surface area contributed by atoms with Gasteiger partial charge in [-0.25, -0.2) is 19.9 Å². The Morgan fingerprint density at radius 3 is 1.55 bits per heavy atom. The van der Waals surface area contributed by atoms with E-state index >= 15 is 0 Å². The Bertz CT molecular complexity index is 2610. The van der Waals surface area contributed by atoms with Gasteiger partial charge in [0.15, 0.2) is 6.61 Å². The first-order valence-corrected chi connectivity index (χ1v) is 23.3. The minimum Gasteiger partial charge on any atom is -0.482 e. The topological polar surface area (TPSA) is 132 Å². The molecule has 16 heteroatoms. The molecule has 2 aromatic heterocycles. The number of amides is 2. The van der Waals surface area contributed by atoms with Crippen molar-refractivity contribution in [3.05, 3.63) is 111 Å². The van der Waals surface area contributed by atoms with Crippen LogP contribution in [0.4, 0.5) is 23.3 Å². The SMILES string of the molecule is Cc1nc(N2CCN(C(C)C)CC2)nc2ccc(NC(=O)CCc3ccc(Cl)cc3)cc12.Cc1nc(N2CCN(C(C)C)CC2)nc2ccc(NC(=O)COc3ccc(Cl)cc3Cl)cc12. The van der Waals surface area contributed by atoms with E-state index in [9.17, 15) is 9.59 Å². The summed E-state index contributed by atoms with van der Waals surface area (Å²) in [4.78, 5) is 53.3. The molecule has 2 N–H and O–H groups in total. The van der Waals surface area contributed by atoms with Gasteiger partial charge in [-0.15, -0.1) is 0 Å². The second kappa shape index (κ2) is 21.8. The Morgan fingerprint density at radius 1 is 0.600 bits per heavy atom. The summed E-state index contributed by atoms with van der Waals surface area (Å²) in [6.07, 6.45) is 1.09. The van der Waals surface area contributed by atoms with E-state index in [4.69, 9.17) is 59.5 Å². The van der Waals surface area contributed by atoms with E-state index in [-0.39, 0.29) is 18.4 Å². The summed E-state index contributed by atoms with van der Waals surface area (Å²) in [5.41, 5.74) is 6.07. The van der Waals surface area contributed by atoms with Crippen LogP contribution >= 0.6 is 34.8 Å². The summed E-state index contributed by atoms with van der Waals surface area (Å²) in [5, 5.41) is 9.28. The van der Waals surface area contributed by atoms with Gasteiger partial charge >= 0.3 is 0 Å². The zero-order valence-electron chi connectivity index (χ0n) is 37.9. The average Bonchev–Trinajstić information content (AvgIpc) is 3.29. The van der Waals surface area contributed by atoms with E-state index in [1.54, 1.807) is 18.2 Å². The molecule has 2 saturated heterocycles. The van der Waals surface area contributed by atoms with Crippen molar-refractivity contribution in [2.75, 3.05) is 79.4 Å². The molecule has 8 rings (SSSR count). The lowest BCUT2D eigenvalue weighted by Gasteiger charge is -2.37. The monoisotopic (exact) mass is 938 g/mol. The first kappa shape index (κ1) is 47.6. The van der Waals surface area contributed by atoms with E-state index < -0.39 is 0 Å². The van der Waals surface area contributed by atoms with Crippen molar-refractivity contribution in [1.29, 1.82) is 0 Å². The quantitative estimate of drug-likeness (QED) is 0.122. The lowest BCUT2D eigenvalue weighted by molar-refractivity contribution is -0.118. The predicted molar refractivity (Wildman–Crippen MR) is 265 cm³/mol. The highest BCUT2D eigenvalue weighted by atomic mass is 35.5. The maximum atomic E-state index is 12.4. The number of nitrogens with zero attached hydrogens (tertiary/aromatic N) is 8. The van der Waals surface area contributed by atoms with Crippen LogP contribution in [-0.2, 0) is 16.0 Å². The first-order valence-electron chi connectivity index (χ1n) is 22.2. The third kappa shape index (κ3) is 12.7. The second-order valence-corrected chi connectivity index (χ2v) is 18.3. The summed E-state index contributed by atoms with van der Waals surface area (Å²) in [5.74, 6) is 1.64. The van der Waals surface area contributed by atoms with Crippen molar-refractivity contribution < 1.29 is 14.3 Å². The van der Waals surface area contributed by atoms with Crippen LogP contribution in [0.1, 0.15) is 51.1 Å². The molecule has 0 saturated carbocycles. The number of carbonyl (C=O) groups excluding carboxylic acids is 2. The molecule has 4 aromatic carbocycles.